The molecular formula is C19H23NO. The molecule has 3 rings (SSSR count). The number of benzene rings is 2. The summed E-state index contributed by atoms with van der Waals surface area (Å²) in [5.41, 5.74) is 5.43. The summed E-state index contributed by atoms with van der Waals surface area (Å²) in [7, 11) is 0. The van der Waals surface area contributed by atoms with E-state index in [1.165, 1.54) is 41.5 Å². The molecule has 0 aromatic heterocycles. The van der Waals surface area contributed by atoms with Crippen molar-refractivity contribution >= 4 is 0 Å². The lowest BCUT2D eigenvalue weighted by atomic mass is 10.1. The fraction of sp³-hybridized carbons (Fsp3) is 0.368. The molecule has 1 N–H and O–H groups in total. The fourth-order valence-corrected chi connectivity index (χ4v) is 2.94. The Kier molecular flexibility index (Phi) is 4.26. The molecular weight excluding hydrogens is 258 g/mol. The van der Waals surface area contributed by atoms with Crippen LogP contribution in [0.1, 0.15) is 35.6 Å². The Labute approximate surface area is 127 Å². The molecule has 0 bridgehead atoms. The third kappa shape index (κ3) is 3.27. The summed E-state index contributed by atoms with van der Waals surface area (Å²) in [6.07, 6.45) is 3.68. The number of hydrogen-bond acceptors (Lipinski definition) is 2. The van der Waals surface area contributed by atoms with Crippen LogP contribution in [0.3, 0.4) is 0 Å². The fourth-order valence-electron chi connectivity index (χ4n) is 2.94. The summed E-state index contributed by atoms with van der Waals surface area (Å²) in [5.74, 6) is 1.91. The van der Waals surface area contributed by atoms with Gasteiger partial charge in [0.25, 0.3) is 0 Å². The van der Waals surface area contributed by atoms with Crippen molar-refractivity contribution in [3.05, 3.63) is 58.7 Å². The van der Waals surface area contributed by atoms with E-state index in [9.17, 15) is 0 Å². The third-order valence-electron chi connectivity index (χ3n) is 4.12. The molecule has 2 nitrogen and oxygen atoms in total. The minimum Gasteiger partial charge on any atom is -0.457 e. The van der Waals surface area contributed by atoms with E-state index < -0.39 is 0 Å². The van der Waals surface area contributed by atoms with E-state index in [1.54, 1.807) is 0 Å². The molecule has 1 aliphatic carbocycles. The van der Waals surface area contributed by atoms with E-state index in [2.05, 4.69) is 55.6 Å². The van der Waals surface area contributed by atoms with Crippen molar-refractivity contribution in [2.45, 2.75) is 39.7 Å². The molecule has 2 heteroatoms. The quantitative estimate of drug-likeness (QED) is 0.878. The van der Waals surface area contributed by atoms with Gasteiger partial charge in [-0.05, 0) is 73.2 Å². The van der Waals surface area contributed by atoms with Gasteiger partial charge in [0.15, 0.2) is 0 Å². The predicted molar refractivity (Wildman–Crippen MR) is 87.1 cm³/mol. The lowest BCUT2D eigenvalue weighted by Gasteiger charge is -2.12. The van der Waals surface area contributed by atoms with Crippen LogP contribution in [0.5, 0.6) is 11.5 Å². The first-order valence-electron chi connectivity index (χ1n) is 7.86. The van der Waals surface area contributed by atoms with Crippen molar-refractivity contribution in [2.24, 2.45) is 0 Å². The standard InChI is InChI=1S/C19H23NO/c1-3-20-13-15-7-10-19(14(2)11-15)21-18-9-8-16-5-4-6-17(16)12-18/h7-12,20H,3-6,13H2,1-2H3. The molecule has 0 aliphatic heterocycles. The number of fused-ring (bicyclic) bond motifs is 1. The number of aryl methyl sites for hydroxylation is 3. The second-order valence-corrected chi connectivity index (χ2v) is 5.77. The molecule has 2 aromatic rings. The second kappa shape index (κ2) is 6.31. The number of ether oxygens (including phenoxy) is 1. The zero-order chi connectivity index (χ0) is 14.7. The Bertz CT molecular complexity index is 633. The maximum absolute atomic E-state index is 6.07. The van der Waals surface area contributed by atoms with E-state index in [0.29, 0.717) is 0 Å². The Morgan fingerprint density at radius 3 is 2.71 bits per heavy atom. The molecule has 110 valence electrons. The summed E-state index contributed by atoms with van der Waals surface area (Å²) in [6.45, 7) is 6.14. The summed E-state index contributed by atoms with van der Waals surface area (Å²) in [6, 6.07) is 12.9. The smallest absolute Gasteiger partial charge is 0.130 e. The van der Waals surface area contributed by atoms with E-state index in [1.807, 2.05) is 0 Å². The number of nitrogens with one attached hydrogen (secondary N) is 1. The van der Waals surface area contributed by atoms with E-state index >= 15 is 0 Å². The van der Waals surface area contributed by atoms with Crippen molar-refractivity contribution in [3.63, 3.8) is 0 Å². The van der Waals surface area contributed by atoms with Gasteiger partial charge in [-0.25, -0.2) is 0 Å². The highest BCUT2D eigenvalue weighted by molar-refractivity contribution is 5.43. The molecule has 0 heterocycles. The molecule has 2 aromatic carbocycles. The molecule has 1 aliphatic rings. The normalized spacial score (nSPS) is 13.2. The minimum absolute atomic E-state index is 0.913. The van der Waals surface area contributed by atoms with Gasteiger partial charge in [0.1, 0.15) is 11.5 Å². The van der Waals surface area contributed by atoms with Crippen LogP contribution in [-0.2, 0) is 19.4 Å². The van der Waals surface area contributed by atoms with Crippen LogP contribution in [0.15, 0.2) is 36.4 Å². The van der Waals surface area contributed by atoms with Gasteiger partial charge in [0.2, 0.25) is 0 Å². The first-order chi connectivity index (χ1) is 10.3. The van der Waals surface area contributed by atoms with E-state index in [0.717, 1.165) is 24.6 Å². The highest BCUT2D eigenvalue weighted by Crippen LogP contribution is 2.30. The van der Waals surface area contributed by atoms with Gasteiger partial charge < -0.3 is 10.1 Å². The Morgan fingerprint density at radius 1 is 1.05 bits per heavy atom. The average molecular weight is 281 g/mol. The largest absolute Gasteiger partial charge is 0.457 e. The van der Waals surface area contributed by atoms with Crippen molar-refractivity contribution in [3.8, 4) is 11.5 Å². The van der Waals surface area contributed by atoms with Gasteiger partial charge in [-0.3, -0.25) is 0 Å². The second-order valence-electron chi connectivity index (χ2n) is 5.77. The molecule has 0 unspecified atom stereocenters. The molecule has 0 saturated carbocycles. The van der Waals surface area contributed by atoms with Crippen molar-refractivity contribution in [2.75, 3.05) is 6.54 Å². The highest BCUT2D eigenvalue weighted by atomic mass is 16.5. The number of rotatable bonds is 5. The van der Waals surface area contributed by atoms with Crippen LogP contribution in [-0.4, -0.2) is 6.54 Å². The lowest BCUT2D eigenvalue weighted by Crippen LogP contribution is -2.11. The van der Waals surface area contributed by atoms with Crippen molar-refractivity contribution in [1.82, 2.24) is 5.32 Å². The van der Waals surface area contributed by atoms with Gasteiger partial charge in [-0.15, -0.1) is 0 Å². The first-order valence-corrected chi connectivity index (χ1v) is 7.86. The molecule has 0 radical (unpaired) electrons. The van der Waals surface area contributed by atoms with Gasteiger partial charge in [0.05, 0.1) is 0 Å². The molecule has 0 fully saturated rings. The Hall–Kier alpha value is -1.80. The maximum Gasteiger partial charge on any atom is 0.130 e. The van der Waals surface area contributed by atoms with E-state index in [4.69, 9.17) is 4.74 Å². The first kappa shape index (κ1) is 14.2. The maximum atomic E-state index is 6.07. The highest BCUT2D eigenvalue weighted by Gasteiger charge is 2.12. The van der Waals surface area contributed by atoms with Gasteiger partial charge in [-0.2, -0.15) is 0 Å². The minimum atomic E-state index is 0.913. The number of hydrogen-bond donors (Lipinski definition) is 1. The Morgan fingerprint density at radius 2 is 1.90 bits per heavy atom. The van der Waals surface area contributed by atoms with Crippen LogP contribution < -0.4 is 10.1 Å². The van der Waals surface area contributed by atoms with Crippen LogP contribution in [0.25, 0.3) is 0 Å². The van der Waals surface area contributed by atoms with Crippen LogP contribution in [0, 0.1) is 6.92 Å². The van der Waals surface area contributed by atoms with Crippen molar-refractivity contribution < 1.29 is 4.74 Å². The molecule has 0 atom stereocenters. The average Bonchev–Trinajstić information content (AvgIpc) is 2.95. The van der Waals surface area contributed by atoms with Gasteiger partial charge in [0, 0.05) is 6.54 Å². The molecule has 0 spiro atoms. The molecule has 0 saturated heterocycles. The lowest BCUT2D eigenvalue weighted by molar-refractivity contribution is 0.478. The van der Waals surface area contributed by atoms with Crippen LogP contribution in [0.2, 0.25) is 0 Å². The third-order valence-corrected chi connectivity index (χ3v) is 4.12. The van der Waals surface area contributed by atoms with E-state index in [-0.39, 0.29) is 0 Å². The van der Waals surface area contributed by atoms with Gasteiger partial charge >= 0.3 is 0 Å². The zero-order valence-electron chi connectivity index (χ0n) is 12.9. The summed E-state index contributed by atoms with van der Waals surface area (Å²) in [4.78, 5) is 0. The summed E-state index contributed by atoms with van der Waals surface area (Å²) < 4.78 is 6.07. The predicted octanol–water partition coefficient (Wildman–Crippen LogP) is 4.39. The van der Waals surface area contributed by atoms with Crippen LogP contribution >= 0.6 is 0 Å². The zero-order valence-corrected chi connectivity index (χ0v) is 12.9. The monoisotopic (exact) mass is 281 g/mol. The van der Waals surface area contributed by atoms with Crippen LogP contribution in [0.4, 0.5) is 0 Å². The Balaban J connectivity index is 1.75. The molecule has 21 heavy (non-hydrogen) atoms. The van der Waals surface area contributed by atoms with Crippen molar-refractivity contribution in [1.29, 1.82) is 0 Å². The summed E-state index contributed by atoms with van der Waals surface area (Å²) >= 11 is 0. The SMILES string of the molecule is CCNCc1ccc(Oc2ccc3c(c2)CCC3)c(C)c1. The molecule has 0 amide bonds. The topological polar surface area (TPSA) is 21.3 Å². The van der Waals surface area contributed by atoms with Gasteiger partial charge in [-0.1, -0.05) is 25.1 Å². The summed E-state index contributed by atoms with van der Waals surface area (Å²) in [5, 5.41) is 3.35.